The predicted octanol–water partition coefficient (Wildman–Crippen LogP) is 1.52. The maximum Gasteiger partial charge on any atom is 0.400 e. The SMILES string of the molecule is CCc1nc(CC)n(CC(C(=N)N)C(F)(F)F)n1. The van der Waals surface area contributed by atoms with Crippen molar-refractivity contribution in [2.24, 2.45) is 11.7 Å². The zero-order valence-corrected chi connectivity index (χ0v) is 10.3. The van der Waals surface area contributed by atoms with Crippen molar-refractivity contribution in [1.82, 2.24) is 14.8 Å². The molecule has 0 aliphatic carbocycles. The molecule has 0 aliphatic heterocycles. The third-order valence-electron chi connectivity index (χ3n) is 2.55. The van der Waals surface area contributed by atoms with Crippen LogP contribution in [0.2, 0.25) is 0 Å². The summed E-state index contributed by atoms with van der Waals surface area (Å²) in [5, 5.41) is 11.0. The number of alkyl halides is 3. The first kappa shape index (κ1) is 14.5. The summed E-state index contributed by atoms with van der Waals surface area (Å²) in [6.07, 6.45) is -3.51. The molecule has 5 nitrogen and oxygen atoms in total. The van der Waals surface area contributed by atoms with E-state index < -0.39 is 24.5 Å². The summed E-state index contributed by atoms with van der Waals surface area (Å²) < 4.78 is 39.3. The average Bonchev–Trinajstić information content (AvgIpc) is 2.66. The Bertz CT molecular complexity index is 424. The van der Waals surface area contributed by atoms with Gasteiger partial charge >= 0.3 is 6.18 Å². The van der Waals surface area contributed by atoms with Crippen LogP contribution < -0.4 is 5.73 Å². The van der Waals surface area contributed by atoms with Crippen molar-refractivity contribution in [3.63, 3.8) is 0 Å². The van der Waals surface area contributed by atoms with E-state index in [1.807, 2.05) is 6.92 Å². The summed E-state index contributed by atoms with van der Waals surface area (Å²) in [6.45, 7) is 3.12. The van der Waals surface area contributed by atoms with Gasteiger partial charge in [0.05, 0.1) is 6.54 Å². The Morgan fingerprint density at radius 2 is 2.00 bits per heavy atom. The molecule has 0 aliphatic rings. The zero-order valence-electron chi connectivity index (χ0n) is 10.3. The number of halogens is 3. The second-order valence-corrected chi connectivity index (χ2v) is 3.88. The number of nitrogens with zero attached hydrogens (tertiary/aromatic N) is 3. The van der Waals surface area contributed by atoms with Crippen LogP contribution in [-0.4, -0.2) is 26.8 Å². The standard InChI is InChI=1S/C10H16F3N5/c1-3-7-16-8(4-2)18(17-7)5-6(9(14)15)10(11,12)13/h6H,3-5H2,1-2H3,(H3,14,15). The Kier molecular flexibility index (Phi) is 4.31. The molecule has 18 heavy (non-hydrogen) atoms. The average molecular weight is 263 g/mol. The van der Waals surface area contributed by atoms with Gasteiger partial charge in [0.25, 0.3) is 0 Å². The normalized spacial score (nSPS) is 13.6. The molecular formula is C10H16F3N5. The maximum atomic E-state index is 12.7. The molecule has 1 atom stereocenters. The van der Waals surface area contributed by atoms with Gasteiger partial charge in [-0.2, -0.15) is 18.3 Å². The summed E-state index contributed by atoms with van der Waals surface area (Å²) in [5.74, 6) is -1.95. The predicted molar refractivity (Wildman–Crippen MR) is 60.2 cm³/mol. The minimum absolute atomic E-state index is 0.474. The number of rotatable bonds is 5. The van der Waals surface area contributed by atoms with Crippen molar-refractivity contribution < 1.29 is 13.2 Å². The van der Waals surface area contributed by atoms with Crippen molar-refractivity contribution in [3.05, 3.63) is 11.6 Å². The highest BCUT2D eigenvalue weighted by atomic mass is 19.4. The van der Waals surface area contributed by atoms with Gasteiger partial charge in [0.2, 0.25) is 0 Å². The van der Waals surface area contributed by atoms with Gasteiger partial charge in [-0.3, -0.25) is 5.41 Å². The number of hydrogen-bond acceptors (Lipinski definition) is 3. The molecule has 0 spiro atoms. The van der Waals surface area contributed by atoms with E-state index in [1.165, 1.54) is 4.68 Å². The van der Waals surface area contributed by atoms with Gasteiger partial charge in [0.1, 0.15) is 17.6 Å². The first-order valence-electron chi connectivity index (χ1n) is 5.62. The molecule has 102 valence electrons. The van der Waals surface area contributed by atoms with Gasteiger partial charge in [-0.25, -0.2) is 9.67 Å². The van der Waals surface area contributed by atoms with Crippen molar-refractivity contribution in [2.45, 2.75) is 39.4 Å². The number of aryl methyl sites for hydroxylation is 2. The lowest BCUT2D eigenvalue weighted by atomic mass is 10.1. The minimum atomic E-state index is -4.55. The molecule has 0 saturated heterocycles. The molecule has 0 fully saturated rings. The lowest BCUT2D eigenvalue weighted by molar-refractivity contribution is -0.159. The molecular weight excluding hydrogens is 247 g/mol. The first-order chi connectivity index (χ1) is 8.29. The Labute approximate surface area is 103 Å². The van der Waals surface area contributed by atoms with Crippen LogP contribution in [0, 0.1) is 11.3 Å². The van der Waals surface area contributed by atoms with Crippen LogP contribution in [0.4, 0.5) is 13.2 Å². The summed E-state index contributed by atoms with van der Waals surface area (Å²) in [7, 11) is 0. The van der Waals surface area contributed by atoms with Crippen molar-refractivity contribution >= 4 is 5.84 Å². The number of amidine groups is 1. The van der Waals surface area contributed by atoms with Crippen LogP contribution in [0.25, 0.3) is 0 Å². The molecule has 0 aromatic carbocycles. The Morgan fingerprint density at radius 1 is 1.39 bits per heavy atom. The van der Waals surface area contributed by atoms with Crippen LogP contribution in [0.1, 0.15) is 25.5 Å². The van der Waals surface area contributed by atoms with Gasteiger partial charge in [0.15, 0.2) is 5.82 Å². The zero-order chi connectivity index (χ0) is 13.9. The van der Waals surface area contributed by atoms with Gasteiger partial charge in [-0.15, -0.1) is 0 Å². The molecule has 0 saturated carbocycles. The van der Waals surface area contributed by atoms with E-state index in [1.54, 1.807) is 6.92 Å². The molecule has 0 amide bonds. The van der Waals surface area contributed by atoms with Crippen LogP contribution in [0.15, 0.2) is 0 Å². The fraction of sp³-hybridized carbons (Fsp3) is 0.700. The Hall–Kier alpha value is -1.60. The molecule has 1 heterocycles. The lowest BCUT2D eigenvalue weighted by Gasteiger charge is -2.19. The van der Waals surface area contributed by atoms with Crippen LogP contribution >= 0.6 is 0 Å². The van der Waals surface area contributed by atoms with Crippen molar-refractivity contribution in [1.29, 1.82) is 5.41 Å². The van der Waals surface area contributed by atoms with E-state index in [0.717, 1.165) is 0 Å². The summed E-state index contributed by atoms with van der Waals surface area (Å²) in [4.78, 5) is 4.11. The smallest absolute Gasteiger partial charge is 0.387 e. The van der Waals surface area contributed by atoms with Crippen LogP contribution in [0.5, 0.6) is 0 Å². The van der Waals surface area contributed by atoms with Crippen LogP contribution in [0.3, 0.4) is 0 Å². The maximum absolute atomic E-state index is 12.7. The largest absolute Gasteiger partial charge is 0.400 e. The highest BCUT2D eigenvalue weighted by molar-refractivity contribution is 5.80. The van der Waals surface area contributed by atoms with E-state index in [9.17, 15) is 13.2 Å². The molecule has 0 radical (unpaired) electrons. The van der Waals surface area contributed by atoms with E-state index in [0.29, 0.717) is 24.5 Å². The Morgan fingerprint density at radius 3 is 2.39 bits per heavy atom. The summed E-state index contributed by atoms with van der Waals surface area (Å²) in [6, 6.07) is 0. The number of aromatic nitrogens is 3. The molecule has 1 rings (SSSR count). The third-order valence-corrected chi connectivity index (χ3v) is 2.55. The second kappa shape index (κ2) is 5.36. The molecule has 1 aromatic rings. The number of nitrogens with two attached hydrogens (primary N) is 1. The second-order valence-electron chi connectivity index (χ2n) is 3.88. The fourth-order valence-electron chi connectivity index (χ4n) is 1.53. The van der Waals surface area contributed by atoms with Crippen molar-refractivity contribution in [3.8, 4) is 0 Å². The topological polar surface area (TPSA) is 80.6 Å². The monoisotopic (exact) mass is 263 g/mol. The third kappa shape index (κ3) is 3.21. The van der Waals surface area contributed by atoms with Gasteiger partial charge in [0, 0.05) is 12.8 Å². The molecule has 8 heteroatoms. The van der Waals surface area contributed by atoms with Gasteiger partial charge < -0.3 is 5.73 Å². The quantitative estimate of drug-likeness (QED) is 0.624. The van der Waals surface area contributed by atoms with E-state index in [2.05, 4.69) is 10.1 Å². The molecule has 0 bridgehead atoms. The molecule has 1 aromatic heterocycles. The van der Waals surface area contributed by atoms with Crippen LogP contribution in [-0.2, 0) is 19.4 Å². The first-order valence-corrected chi connectivity index (χ1v) is 5.62. The number of nitrogens with one attached hydrogen (secondary N) is 1. The molecule has 1 unspecified atom stereocenters. The highest BCUT2D eigenvalue weighted by Crippen LogP contribution is 2.27. The van der Waals surface area contributed by atoms with E-state index >= 15 is 0 Å². The fourth-order valence-corrected chi connectivity index (χ4v) is 1.53. The lowest BCUT2D eigenvalue weighted by Crippen LogP contribution is -2.38. The van der Waals surface area contributed by atoms with Gasteiger partial charge in [-0.1, -0.05) is 13.8 Å². The minimum Gasteiger partial charge on any atom is -0.387 e. The van der Waals surface area contributed by atoms with Gasteiger partial charge in [-0.05, 0) is 0 Å². The van der Waals surface area contributed by atoms with E-state index in [4.69, 9.17) is 11.1 Å². The highest BCUT2D eigenvalue weighted by Gasteiger charge is 2.42. The Balaban J connectivity index is 3.00. The van der Waals surface area contributed by atoms with Crippen molar-refractivity contribution in [2.75, 3.05) is 0 Å². The summed E-state index contributed by atoms with van der Waals surface area (Å²) >= 11 is 0. The number of hydrogen-bond donors (Lipinski definition) is 2. The summed E-state index contributed by atoms with van der Waals surface area (Å²) in [5.41, 5.74) is 5.00. The van der Waals surface area contributed by atoms with E-state index in [-0.39, 0.29) is 0 Å². The molecule has 3 N–H and O–H groups in total.